The summed E-state index contributed by atoms with van der Waals surface area (Å²) in [6, 6.07) is 0. The predicted octanol–water partition coefficient (Wildman–Crippen LogP) is 2.76. The van der Waals surface area contributed by atoms with Crippen LogP contribution in [0.25, 0.3) is 0 Å². The molecular weight excluding hydrogens is 164 g/mol. The summed E-state index contributed by atoms with van der Waals surface area (Å²) >= 11 is 0. The molecule has 0 aromatic heterocycles. The van der Waals surface area contributed by atoms with Crippen molar-refractivity contribution >= 4 is 6.47 Å². The second kappa shape index (κ2) is 4.12. The van der Waals surface area contributed by atoms with E-state index >= 15 is 0 Å². The van der Waals surface area contributed by atoms with Crippen molar-refractivity contribution in [3.63, 3.8) is 0 Å². The number of hydrogen-bond acceptors (Lipinski definition) is 2. The molecule has 1 saturated carbocycles. The van der Waals surface area contributed by atoms with Gasteiger partial charge in [0.25, 0.3) is 6.47 Å². The lowest BCUT2D eigenvalue weighted by atomic mass is 9.67. The monoisotopic (exact) mass is 184 g/mol. The average Bonchev–Trinajstić information content (AvgIpc) is 2.04. The Hall–Kier alpha value is -0.530. The van der Waals surface area contributed by atoms with Crippen LogP contribution in [0.4, 0.5) is 0 Å². The highest BCUT2D eigenvalue weighted by Gasteiger charge is 2.35. The van der Waals surface area contributed by atoms with Crippen LogP contribution in [-0.2, 0) is 9.53 Å². The quantitative estimate of drug-likeness (QED) is 0.630. The van der Waals surface area contributed by atoms with Crippen molar-refractivity contribution in [1.82, 2.24) is 0 Å². The Bertz CT molecular complexity index is 177. The predicted molar refractivity (Wildman–Crippen MR) is 52.4 cm³/mol. The van der Waals surface area contributed by atoms with Crippen LogP contribution in [0, 0.1) is 11.3 Å². The van der Waals surface area contributed by atoms with E-state index in [2.05, 4.69) is 20.8 Å². The van der Waals surface area contributed by atoms with Crippen molar-refractivity contribution in [3.05, 3.63) is 0 Å². The summed E-state index contributed by atoms with van der Waals surface area (Å²) in [6.07, 6.45) is 4.69. The molecule has 1 fully saturated rings. The van der Waals surface area contributed by atoms with Crippen molar-refractivity contribution in [2.24, 2.45) is 11.3 Å². The SMILES string of the molecule is CC(C)C1(C)CCCC(OC=O)C1. The van der Waals surface area contributed by atoms with Crippen molar-refractivity contribution in [2.45, 2.75) is 52.6 Å². The maximum atomic E-state index is 10.2. The van der Waals surface area contributed by atoms with Gasteiger partial charge in [0.1, 0.15) is 6.10 Å². The Morgan fingerprint density at radius 3 is 2.77 bits per heavy atom. The molecule has 0 aromatic rings. The standard InChI is InChI=1S/C11H20O2/c1-9(2)11(3)6-4-5-10(7-11)13-8-12/h8-10H,4-7H2,1-3H3. The van der Waals surface area contributed by atoms with Gasteiger partial charge < -0.3 is 4.74 Å². The zero-order valence-electron chi connectivity index (χ0n) is 8.88. The first-order valence-corrected chi connectivity index (χ1v) is 5.17. The highest BCUT2D eigenvalue weighted by atomic mass is 16.5. The van der Waals surface area contributed by atoms with Crippen LogP contribution in [0.5, 0.6) is 0 Å². The summed E-state index contributed by atoms with van der Waals surface area (Å²) in [4.78, 5) is 10.2. The van der Waals surface area contributed by atoms with Crippen molar-refractivity contribution in [2.75, 3.05) is 0 Å². The van der Waals surface area contributed by atoms with Gasteiger partial charge in [0.05, 0.1) is 0 Å². The maximum Gasteiger partial charge on any atom is 0.293 e. The molecule has 0 bridgehead atoms. The Labute approximate surface area is 80.7 Å². The van der Waals surface area contributed by atoms with E-state index in [-0.39, 0.29) is 6.10 Å². The molecule has 2 unspecified atom stereocenters. The highest BCUT2D eigenvalue weighted by Crippen LogP contribution is 2.42. The third-order valence-electron chi connectivity index (χ3n) is 3.61. The largest absolute Gasteiger partial charge is 0.465 e. The normalized spacial score (nSPS) is 34.6. The van der Waals surface area contributed by atoms with Crippen LogP contribution in [0.2, 0.25) is 0 Å². The number of ether oxygens (including phenoxy) is 1. The summed E-state index contributed by atoms with van der Waals surface area (Å²) in [5.41, 5.74) is 0.367. The lowest BCUT2D eigenvalue weighted by Crippen LogP contribution is -2.34. The van der Waals surface area contributed by atoms with Crippen LogP contribution in [-0.4, -0.2) is 12.6 Å². The third kappa shape index (κ3) is 2.45. The fraction of sp³-hybridized carbons (Fsp3) is 0.909. The van der Waals surface area contributed by atoms with Crippen LogP contribution in [0.3, 0.4) is 0 Å². The van der Waals surface area contributed by atoms with Crippen molar-refractivity contribution in [1.29, 1.82) is 0 Å². The van der Waals surface area contributed by atoms with E-state index < -0.39 is 0 Å². The second-order valence-electron chi connectivity index (χ2n) is 4.76. The zero-order valence-corrected chi connectivity index (χ0v) is 8.88. The minimum atomic E-state index is 0.165. The topological polar surface area (TPSA) is 26.3 Å². The van der Waals surface area contributed by atoms with Gasteiger partial charge in [0.15, 0.2) is 0 Å². The second-order valence-corrected chi connectivity index (χ2v) is 4.76. The molecule has 0 heterocycles. The molecular formula is C11H20O2. The molecule has 0 amide bonds. The lowest BCUT2D eigenvalue weighted by molar-refractivity contribution is -0.137. The van der Waals surface area contributed by atoms with Gasteiger partial charge >= 0.3 is 0 Å². The van der Waals surface area contributed by atoms with E-state index in [0.717, 1.165) is 12.8 Å². The molecule has 13 heavy (non-hydrogen) atoms. The van der Waals surface area contributed by atoms with Gasteiger partial charge in [-0.1, -0.05) is 20.8 Å². The first-order chi connectivity index (χ1) is 6.08. The van der Waals surface area contributed by atoms with E-state index in [0.29, 0.717) is 17.8 Å². The van der Waals surface area contributed by atoms with Crippen LogP contribution in [0.15, 0.2) is 0 Å². The Morgan fingerprint density at radius 1 is 1.54 bits per heavy atom. The molecule has 1 aliphatic rings. The van der Waals surface area contributed by atoms with Crippen LogP contribution in [0.1, 0.15) is 46.5 Å². The minimum absolute atomic E-state index is 0.165. The fourth-order valence-electron chi connectivity index (χ4n) is 2.18. The first-order valence-electron chi connectivity index (χ1n) is 5.17. The maximum absolute atomic E-state index is 10.2. The third-order valence-corrected chi connectivity index (χ3v) is 3.61. The average molecular weight is 184 g/mol. The van der Waals surface area contributed by atoms with Crippen molar-refractivity contribution in [3.8, 4) is 0 Å². The minimum Gasteiger partial charge on any atom is -0.465 e. The van der Waals surface area contributed by atoms with Gasteiger partial charge in [0.2, 0.25) is 0 Å². The van der Waals surface area contributed by atoms with Gasteiger partial charge in [-0.25, -0.2) is 0 Å². The summed E-state index contributed by atoms with van der Waals surface area (Å²) in [5, 5.41) is 0. The highest BCUT2D eigenvalue weighted by molar-refractivity contribution is 5.37. The molecule has 2 heteroatoms. The summed E-state index contributed by atoms with van der Waals surface area (Å²) in [7, 11) is 0. The number of rotatable bonds is 3. The van der Waals surface area contributed by atoms with Gasteiger partial charge in [0, 0.05) is 0 Å². The lowest BCUT2D eigenvalue weighted by Gasteiger charge is -2.40. The first kappa shape index (κ1) is 10.6. The molecule has 0 aromatic carbocycles. The fourth-order valence-corrected chi connectivity index (χ4v) is 2.18. The molecule has 0 aliphatic heterocycles. The van der Waals surface area contributed by atoms with Gasteiger partial charge in [-0.3, -0.25) is 4.79 Å². The van der Waals surface area contributed by atoms with E-state index in [4.69, 9.17) is 4.74 Å². The van der Waals surface area contributed by atoms with Crippen LogP contribution >= 0.6 is 0 Å². The molecule has 0 N–H and O–H groups in total. The molecule has 1 aliphatic carbocycles. The van der Waals surface area contributed by atoms with E-state index in [9.17, 15) is 4.79 Å². The van der Waals surface area contributed by atoms with Crippen molar-refractivity contribution < 1.29 is 9.53 Å². The number of carbonyl (C=O) groups is 1. The molecule has 76 valence electrons. The molecule has 2 nitrogen and oxygen atoms in total. The van der Waals surface area contributed by atoms with Crippen LogP contribution < -0.4 is 0 Å². The van der Waals surface area contributed by atoms with E-state index in [1.165, 1.54) is 12.8 Å². The van der Waals surface area contributed by atoms with Gasteiger partial charge in [-0.05, 0) is 37.0 Å². The molecule has 1 rings (SSSR count). The smallest absolute Gasteiger partial charge is 0.293 e. The molecule has 2 atom stereocenters. The zero-order chi connectivity index (χ0) is 9.90. The van der Waals surface area contributed by atoms with Gasteiger partial charge in [-0.2, -0.15) is 0 Å². The Morgan fingerprint density at radius 2 is 2.23 bits per heavy atom. The van der Waals surface area contributed by atoms with E-state index in [1.807, 2.05) is 0 Å². The molecule has 0 radical (unpaired) electrons. The number of hydrogen-bond donors (Lipinski definition) is 0. The molecule has 0 saturated heterocycles. The Kier molecular flexibility index (Phi) is 3.34. The van der Waals surface area contributed by atoms with E-state index in [1.54, 1.807) is 0 Å². The summed E-state index contributed by atoms with van der Waals surface area (Å²) in [5.74, 6) is 0.672. The molecule has 0 spiro atoms. The summed E-state index contributed by atoms with van der Waals surface area (Å²) < 4.78 is 5.05. The Balaban J connectivity index is 2.54. The summed E-state index contributed by atoms with van der Waals surface area (Å²) in [6.45, 7) is 7.40. The van der Waals surface area contributed by atoms with Gasteiger partial charge in [-0.15, -0.1) is 0 Å². The number of carbonyl (C=O) groups excluding carboxylic acids is 1.